The Morgan fingerprint density at radius 2 is 1.89 bits per heavy atom. The summed E-state index contributed by atoms with van der Waals surface area (Å²) in [7, 11) is 0. The predicted molar refractivity (Wildman–Crippen MR) is 75.0 cm³/mol. The van der Waals surface area contributed by atoms with Gasteiger partial charge in [-0.25, -0.2) is 0 Å². The second-order valence-electron chi connectivity index (χ2n) is 6.47. The van der Waals surface area contributed by atoms with E-state index in [2.05, 4.69) is 5.32 Å². The molecule has 2 saturated heterocycles. The maximum absolute atomic E-state index is 6.34. The lowest BCUT2D eigenvalue weighted by atomic mass is 9.74. The van der Waals surface area contributed by atoms with Gasteiger partial charge in [0.05, 0.1) is 18.8 Å². The second-order valence-corrected chi connectivity index (χ2v) is 6.47. The quantitative estimate of drug-likeness (QED) is 0.810. The molecule has 3 unspecified atom stereocenters. The zero-order valence-electron chi connectivity index (χ0n) is 11.9. The first-order chi connectivity index (χ1) is 9.34. The average Bonchev–Trinajstić information content (AvgIpc) is 2.95. The van der Waals surface area contributed by atoms with Gasteiger partial charge in [0.15, 0.2) is 0 Å². The van der Waals surface area contributed by atoms with E-state index in [0.29, 0.717) is 5.92 Å². The smallest absolute Gasteiger partial charge is 0.0835 e. The van der Waals surface area contributed by atoms with Crippen LogP contribution in [0, 0.1) is 11.8 Å². The topological polar surface area (TPSA) is 56.5 Å². The van der Waals surface area contributed by atoms with E-state index >= 15 is 0 Å². The molecule has 0 aromatic heterocycles. The van der Waals surface area contributed by atoms with Crippen LogP contribution in [0.15, 0.2) is 0 Å². The number of piperidine rings is 1. The molecule has 3 N–H and O–H groups in total. The van der Waals surface area contributed by atoms with E-state index in [1.807, 2.05) is 0 Å². The van der Waals surface area contributed by atoms with Crippen LogP contribution >= 0.6 is 0 Å². The Morgan fingerprint density at radius 3 is 2.63 bits per heavy atom. The lowest BCUT2D eigenvalue weighted by Gasteiger charge is -2.43. The minimum absolute atomic E-state index is 0.140. The molecule has 3 fully saturated rings. The first-order valence-corrected chi connectivity index (χ1v) is 8.04. The van der Waals surface area contributed by atoms with Gasteiger partial charge in [-0.05, 0) is 12.3 Å². The molecule has 0 aromatic carbocycles. The average molecular weight is 268 g/mol. The van der Waals surface area contributed by atoms with E-state index in [1.165, 1.54) is 32.1 Å². The molecular weight excluding hydrogens is 240 g/mol. The van der Waals surface area contributed by atoms with Crippen molar-refractivity contribution in [2.75, 3.05) is 26.3 Å². The van der Waals surface area contributed by atoms with Gasteiger partial charge in [-0.2, -0.15) is 0 Å². The predicted octanol–water partition coefficient (Wildman–Crippen LogP) is 1.29. The van der Waals surface area contributed by atoms with E-state index in [4.69, 9.17) is 15.2 Å². The summed E-state index contributed by atoms with van der Waals surface area (Å²) in [6.07, 6.45) is 8.45. The van der Waals surface area contributed by atoms with Crippen LogP contribution in [-0.2, 0) is 9.47 Å². The molecule has 1 saturated carbocycles. The van der Waals surface area contributed by atoms with Crippen molar-refractivity contribution in [3.63, 3.8) is 0 Å². The zero-order chi connectivity index (χ0) is 13.1. The molecule has 1 aliphatic carbocycles. The monoisotopic (exact) mass is 268 g/mol. The van der Waals surface area contributed by atoms with E-state index in [9.17, 15) is 0 Å². The molecule has 110 valence electrons. The Kier molecular flexibility index (Phi) is 4.74. The molecule has 0 bridgehead atoms. The molecule has 0 radical (unpaired) electrons. The minimum atomic E-state index is 0.140. The van der Waals surface area contributed by atoms with Crippen molar-refractivity contribution in [3.05, 3.63) is 0 Å². The van der Waals surface area contributed by atoms with Crippen LogP contribution in [0.25, 0.3) is 0 Å². The van der Waals surface area contributed by atoms with Crippen LogP contribution in [0.2, 0.25) is 0 Å². The molecule has 4 heteroatoms. The zero-order valence-corrected chi connectivity index (χ0v) is 11.9. The van der Waals surface area contributed by atoms with Crippen molar-refractivity contribution in [2.45, 2.75) is 56.8 Å². The van der Waals surface area contributed by atoms with E-state index in [0.717, 1.165) is 38.6 Å². The van der Waals surface area contributed by atoms with E-state index in [1.54, 1.807) is 0 Å². The number of ether oxygens (including phenoxy) is 2. The highest BCUT2D eigenvalue weighted by molar-refractivity contribution is 4.93. The molecular formula is C15H28N2O2. The first kappa shape index (κ1) is 13.8. The summed E-state index contributed by atoms with van der Waals surface area (Å²) < 4.78 is 11.8. The van der Waals surface area contributed by atoms with Crippen LogP contribution < -0.4 is 11.1 Å². The Morgan fingerprint density at radius 1 is 1.05 bits per heavy atom. The Bertz CT molecular complexity index is 275. The Hall–Kier alpha value is -0.160. The summed E-state index contributed by atoms with van der Waals surface area (Å²) in [6.45, 7) is 3.57. The standard InChI is InChI=1S/C15H28N2O2/c16-14-9-17-8-13(11-4-2-1-3-5-11)15(14)19-12-6-7-18-10-12/h11-15,17H,1-10,16H2/t12-,13?,14?,15?/m1/s1. The molecule has 4 atom stereocenters. The maximum atomic E-state index is 6.34. The summed E-state index contributed by atoms with van der Waals surface area (Å²) in [5.74, 6) is 1.41. The molecule has 0 aromatic rings. The lowest BCUT2D eigenvalue weighted by molar-refractivity contribution is -0.0821. The number of hydrogen-bond donors (Lipinski definition) is 2. The van der Waals surface area contributed by atoms with Crippen molar-refractivity contribution in [3.8, 4) is 0 Å². The lowest BCUT2D eigenvalue weighted by Crippen LogP contribution is -2.58. The fourth-order valence-corrected chi connectivity index (χ4v) is 4.01. The molecule has 0 amide bonds. The highest BCUT2D eigenvalue weighted by Gasteiger charge is 2.39. The molecule has 2 heterocycles. The third-order valence-electron chi connectivity index (χ3n) is 5.10. The van der Waals surface area contributed by atoms with Crippen LogP contribution in [-0.4, -0.2) is 44.6 Å². The van der Waals surface area contributed by atoms with Crippen molar-refractivity contribution in [2.24, 2.45) is 17.6 Å². The van der Waals surface area contributed by atoms with Gasteiger partial charge < -0.3 is 20.5 Å². The fraction of sp³-hybridized carbons (Fsp3) is 1.00. The summed E-state index contributed by atoms with van der Waals surface area (Å²) in [5, 5.41) is 3.50. The first-order valence-electron chi connectivity index (χ1n) is 8.04. The molecule has 0 spiro atoms. The van der Waals surface area contributed by atoms with Crippen molar-refractivity contribution in [1.29, 1.82) is 0 Å². The number of nitrogens with one attached hydrogen (secondary N) is 1. The van der Waals surface area contributed by atoms with Crippen molar-refractivity contribution >= 4 is 0 Å². The van der Waals surface area contributed by atoms with Crippen LogP contribution in [0.1, 0.15) is 38.5 Å². The van der Waals surface area contributed by atoms with Gasteiger partial charge in [0, 0.05) is 31.7 Å². The Labute approximate surface area is 116 Å². The Balaban J connectivity index is 1.63. The minimum Gasteiger partial charge on any atom is -0.379 e. The summed E-state index contributed by atoms with van der Waals surface area (Å²) >= 11 is 0. The van der Waals surface area contributed by atoms with Gasteiger partial charge >= 0.3 is 0 Å². The van der Waals surface area contributed by atoms with Crippen molar-refractivity contribution < 1.29 is 9.47 Å². The largest absolute Gasteiger partial charge is 0.379 e. The maximum Gasteiger partial charge on any atom is 0.0835 e. The van der Waals surface area contributed by atoms with Gasteiger partial charge in [-0.1, -0.05) is 32.1 Å². The molecule has 3 aliphatic rings. The van der Waals surface area contributed by atoms with Gasteiger partial charge in [-0.3, -0.25) is 0 Å². The summed E-state index contributed by atoms with van der Waals surface area (Å²) in [5.41, 5.74) is 6.33. The SMILES string of the molecule is NC1CNCC(C2CCCCC2)C1O[C@@H]1CCOC1. The van der Waals surface area contributed by atoms with Crippen LogP contribution in [0.3, 0.4) is 0 Å². The molecule has 2 aliphatic heterocycles. The highest BCUT2D eigenvalue weighted by Crippen LogP contribution is 2.35. The molecule has 3 rings (SSSR count). The van der Waals surface area contributed by atoms with Gasteiger partial charge in [0.1, 0.15) is 0 Å². The molecule has 4 nitrogen and oxygen atoms in total. The van der Waals surface area contributed by atoms with Crippen LogP contribution in [0.5, 0.6) is 0 Å². The van der Waals surface area contributed by atoms with E-state index in [-0.39, 0.29) is 18.2 Å². The summed E-state index contributed by atoms with van der Waals surface area (Å²) in [6, 6.07) is 0.140. The normalized spacial score (nSPS) is 41.5. The van der Waals surface area contributed by atoms with Gasteiger partial charge in [0.2, 0.25) is 0 Å². The van der Waals surface area contributed by atoms with Gasteiger partial charge in [-0.15, -0.1) is 0 Å². The van der Waals surface area contributed by atoms with Gasteiger partial charge in [0.25, 0.3) is 0 Å². The highest BCUT2D eigenvalue weighted by atomic mass is 16.6. The number of nitrogens with two attached hydrogens (primary N) is 1. The third-order valence-corrected chi connectivity index (χ3v) is 5.10. The second kappa shape index (κ2) is 6.53. The van der Waals surface area contributed by atoms with E-state index < -0.39 is 0 Å². The number of hydrogen-bond acceptors (Lipinski definition) is 4. The summed E-state index contributed by atoms with van der Waals surface area (Å²) in [4.78, 5) is 0. The fourth-order valence-electron chi connectivity index (χ4n) is 4.01. The van der Waals surface area contributed by atoms with Crippen LogP contribution in [0.4, 0.5) is 0 Å². The molecule has 19 heavy (non-hydrogen) atoms. The third kappa shape index (κ3) is 3.30. The number of rotatable bonds is 3. The van der Waals surface area contributed by atoms with Crippen molar-refractivity contribution in [1.82, 2.24) is 5.32 Å².